The van der Waals surface area contributed by atoms with E-state index in [4.69, 9.17) is 13.9 Å². The number of benzene rings is 2. The first-order valence-electron chi connectivity index (χ1n) is 10.2. The molecule has 0 fully saturated rings. The molecular weight excluding hydrogens is 411 g/mol. The fourth-order valence-electron chi connectivity index (χ4n) is 4.05. The molecule has 1 heterocycles. The quantitative estimate of drug-likeness (QED) is 0.453. The third-order valence-electron chi connectivity index (χ3n) is 5.71. The molecule has 0 saturated heterocycles. The molecule has 0 atom stereocenters. The van der Waals surface area contributed by atoms with E-state index in [1.165, 1.54) is 38.9 Å². The highest BCUT2D eigenvalue weighted by Gasteiger charge is 2.25. The number of aromatic hydroxyl groups is 1. The highest BCUT2D eigenvalue weighted by molar-refractivity contribution is 6.06. The van der Waals surface area contributed by atoms with E-state index in [1.54, 1.807) is 24.3 Å². The van der Waals surface area contributed by atoms with Gasteiger partial charge in [-0.2, -0.15) is 0 Å². The fraction of sp³-hybridized carbons (Fsp3) is 0.192. The van der Waals surface area contributed by atoms with Gasteiger partial charge in [-0.25, -0.2) is 4.39 Å². The highest BCUT2D eigenvalue weighted by atomic mass is 19.1. The number of phenolic OH excluding ortho intramolecular Hbond substituents is 1. The third-order valence-corrected chi connectivity index (χ3v) is 5.71. The molecule has 0 spiro atoms. The molecule has 1 aromatic heterocycles. The summed E-state index contributed by atoms with van der Waals surface area (Å²) in [7, 11) is 2.94. The molecule has 1 N–H and O–H groups in total. The minimum atomic E-state index is -0.329. The predicted octanol–water partition coefficient (Wildman–Crippen LogP) is 6.13. The smallest absolute Gasteiger partial charge is 0.200 e. The number of Topliss-reactive ketones (excluding diaryl/α,β-unsaturated/α-hetero) is 1. The van der Waals surface area contributed by atoms with Crippen molar-refractivity contribution in [3.63, 3.8) is 0 Å². The largest absolute Gasteiger partial charge is 0.502 e. The number of halogens is 1. The van der Waals surface area contributed by atoms with E-state index in [9.17, 15) is 14.3 Å². The summed E-state index contributed by atoms with van der Waals surface area (Å²) < 4.78 is 29.6. The summed E-state index contributed by atoms with van der Waals surface area (Å²) in [5.41, 5.74) is 5.78. The Balaban J connectivity index is 1.75. The zero-order chi connectivity index (χ0) is 22.8. The Kier molecular flexibility index (Phi) is 5.86. The fourth-order valence-corrected chi connectivity index (χ4v) is 4.05. The van der Waals surface area contributed by atoms with Crippen LogP contribution in [0.2, 0.25) is 0 Å². The Morgan fingerprint density at radius 1 is 1.09 bits per heavy atom. The van der Waals surface area contributed by atoms with Gasteiger partial charge in [0.25, 0.3) is 0 Å². The normalized spacial score (nSPS) is 14.1. The molecular formula is C26H23FO5. The average molecular weight is 434 g/mol. The second kappa shape index (κ2) is 8.75. The number of furan rings is 1. The van der Waals surface area contributed by atoms with Crippen molar-refractivity contribution in [2.75, 3.05) is 14.2 Å². The van der Waals surface area contributed by atoms with Crippen LogP contribution in [0.4, 0.5) is 4.39 Å². The van der Waals surface area contributed by atoms with Crippen LogP contribution >= 0.6 is 0 Å². The van der Waals surface area contributed by atoms with Crippen LogP contribution in [0.3, 0.4) is 0 Å². The second-order valence-corrected chi connectivity index (χ2v) is 7.56. The number of hydrogen-bond donors (Lipinski definition) is 1. The number of carbonyl (C=O) groups is 1. The monoisotopic (exact) mass is 434 g/mol. The number of rotatable bonds is 7. The van der Waals surface area contributed by atoms with E-state index in [0.717, 1.165) is 33.4 Å². The van der Waals surface area contributed by atoms with Crippen molar-refractivity contribution >= 4 is 23.0 Å². The number of ether oxygens (including phenoxy) is 2. The van der Waals surface area contributed by atoms with Crippen molar-refractivity contribution in [2.45, 2.75) is 19.8 Å². The molecule has 1 aliphatic carbocycles. The van der Waals surface area contributed by atoms with Crippen molar-refractivity contribution in [1.29, 1.82) is 0 Å². The van der Waals surface area contributed by atoms with Crippen LogP contribution in [0, 0.1) is 5.82 Å². The van der Waals surface area contributed by atoms with Crippen molar-refractivity contribution in [1.82, 2.24) is 0 Å². The zero-order valence-corrected chi connectivity index (χ0v) is 18.1. The van der Waals surface area contributed by atoms with Gasteiger partial charge in [0, 0.05) is 6.42 Å². The number of carbonyl (C=O) groups excluding carboxylic acids is 1. The van der Waals surface area contributed by atoms with Gasteiger partial charge in [0.15, 0.2) is 17.3 Å². The number of ketones is 1. The van der Waals surface area contributed by atoms with Gasteiger partial charge in [0.2, 0.25) is 5.75 Å². The van der Waals surface area contributed by atoms with Gasteiger partial charge in [0.05, 0.1) is 26.0 Å². The molecule has 1 aliphatic rings. The number of methoxy groups -OCH3 is 2. The van der Waals surface area contributed by atoms with Gasteiger partial charge in [-0.05, 0) is 83.2 Å². The van der Waals surface area contributed by atoms with Crippen molar-refractivity contribution in [3.05, 3.63) is 82.6 Å². The van der Waals surface area contributed by atoms with E-state index < -0.39 is 0 Å². The molecule has 3 aromatic rings. The van der Waals surface area contributed by atoms with Gasteiger partial charge < -0.3 is 19.0 Å². The lowest BCUT2D eigenvalue weighted by Gasteiger charge is -2.11. The maximum atomic E-state index is 14.1. The Morgan fingerprint density at radius 2 is 1.81 bits per heavy atom. The lowest BCUT2D eigenvalue weighted by molar-refractivity contribution is 0.0983. The summed E-state index contributed by atoms with van der Waals surface area (Å²) in [6, 6.07) is 9.75. The Morgan fingerprint density at radius 3 is 2.44 bits per heavy atom. The van der Waals surface area contributed by atoms with Crippen molar-refractivity contribution in [3.8, 4) is 17.2 Å². The summed E-state index contributed by atoms with van der Waals surface area (Å²) in [5, 5.41) is 10.2. The van der Waals surface area contributed by atoms with E-state index in [2.05, 4.69) is 0 Å². The second-order valence-electron chi connectivity index (χ2n) is 7.56. The SMILES string of the molecule is COc1cc(/C=C2/C(C)=C(CCC(=O)c3ccoc3)c3cc(F)ccc32)cc(OC)c1O. The number of fused-ring (bicyclic) bond motifs is 1. The van der Waals surface area contributed by atoms with Gasteiger partial charge in [-0.3, -0.25) is 4.79 Å². The van der Waals surface area contributed by atoms with E-state index >= 15 is 0 Å². The average Bonchev–Trinajstić information content (AvgIpc) is 3.41. The van der Waals surface area contributed by atoms with E-state index in [1.807, 2.05) is 13.0 Å². The molecule has 0 aliphatic heterocycles. The van der Waals surface area contributed by atoms with Gasteiger partial charge >= 0.3 is 0 Å². The molecule has 5 nitrogen and oxygen atoms in total. The summed E-state index contributed by atoms with van der Waals surface area (Å²) in [5.74, 6) is 0.158. The first-order valence-corrected chi connectivity index (χ1v) is 10.2. The van der Waals surface area contributed by atoms with Crippen LogP contribution in [-0.4, -0.2) is 25.1 Å². The molecule has 0 amide bonds. The minimum absolute atomic E-state index is 0.0255. The molecule has 164 valence electrons. The molecule has 0 radical (unpaired) electrons. The molecule has 0 bridgehead atoms. The minimum Gasteiger partial charge on any atom is -0.502 e. The number of allylic oxidation sites excluding steroid dienone is 3. The maximum absolute atomic E-state index is 14.1. The topological polar surface area (TPSA) is 68.9 Å². The van der Waals surface area contributed by atoms with Crippen LogP contribution in [0.1, 0.15) is 46.8 Å². The molecule has 2 aromatic carbocycles. The predicted molar refractivity (Wildman–Crippen MR) is 120 cm³/mol. The lowest BCUT2D eigenvalue weighted by Crippen LogP contribution is -1.98. The summed E-state index contributed by atoms with van der Waals surface area (Å²) in [6.45, 7) is 1.97. The number of hydrogen-bond acceptors (Lipinski definition) is 5. The van der Waals surface area contributed by atoms with Gasteiger partial charge in [-0.15, -0.1) is 0 Å². The van der Waals surface area contributed by atoms with Crippen LogP contribution < -0.4 is 9.47 Å². The molecule has 6 heteroatoms. The Bertz CT molecular complexity index is 1210. The van der Waals surface area contributed by atoms with Crippen LogP contribution in [0.25, 0.3) is 17.2 Å². The first-order chi connectivity index (χ1) is 15.4. The lowest BCUT2D eigenvalue weighted by atomic mass is 9.98. The number of phenols is 1. The Hall–Kier alpha value is -3.80. The van der Waals surface area contributed by atoms with E-state index in [0.29, 0.717) is 23.5 Å². The van der Waals surface area contributed by atoms with Crippen molar-refractivity contribution < 1.29 is 28.2 Å². The van der Waals surface area contributed by atoms with Crippen molar-refractivity contribution in [2.24, 2.45) is 0 Å². The Labute approximate surface area is 185 Å². The van der Waals surface area contributed by atoms with Gasteiger partial charge in [-0.1, -0.05) is 6.07 Å². The van der Waals surface area contributed by atoms with E-state index in [-0.39, 0.29) is 23.8 Å². The summed E-state index contributed by atoms with van der Waals surface area (Å²) in [4.78, 5) is 12.5. The van der Waals surface area contributed by atoms with Crippen LogP contribution in [-0.2, 0) is 0 Å². The molecule has 0 saturated carbocycles. The highest BCUT2D eigenvalue weighted by Crippen LogP contribution is 2.45. The molecule has 32 heavy (non-hydrogen) atoms. The third kappa shape index (κ3) is 3.91. The van der Waals surface area contributed by atoms with Crippen LogP contribution in [0.5, 0.6) is 17.2 Å². The standard InChI is InChI=1S/C26H23FO5/c1-15-19(6-7-23(28)17-8-9-32-14-17)22-13-18(27)4-5-20(22)21(15)10-16-11-24(30-2)26(29)25(12-16)31-3/h4-5,8-14,29H,6-7H2,1-3H3/b21-10-. The molecule has 0 unspecified atom stereocenters. The van der Waals surface area contributed by atoms with Crippen LogP contribution in [0.15, 0.2) is 58.9 Å². The summed E-state index contributed by atoms with van der Waals surface area (Å²) >= 11 is 0. The first kappa shape index (κ1) is 21.4. The molecule has 4 rings (SSSR count). The zero-order valence-electron chi connectivity index (χ0n) is 18.1. The maximum Gasteiger partial charge on any atom is 0.200 e. The van der Waals surface area contributed by atoms with Gasteiger partial charge in [0.1, 0.15) is 12.1 Å². The summed E-state index contributed by atoms with van der Waals surface area (Å²) in [6.07, 6.45) is 5.62.